The number of unbranched alkanes of at least 4 members (excludes halogenated alkanes) is 2. The quantitative estimate of drug-likeness (QED) is 0.419. The van der Waals surface area contributed by atoms with Gasteiger partial charge in [0.15, 0.2) is 0 Å². The highest BCUT2D eigenvalue weighted by molar-refractivity contribution is 5.18. The number of ether oxygens (including phenoxy) is 2. The van der Waals surface area contributed by atoms with Gasteiger partial charge in [-0.15, -0.1) is 5.10 Å². The molecule has 0 spiro atoms. The first-order valence-corrected chi connectivity index (χ1v) is 9.26. The summed E-state index contributed by atoms with van der Waals surface area (Å²) in [6.07, 6.45) is 7.56. The number of hydrogen-bond acceptors (Lipinski definition) is 5. The molecule has 25 heavy (non-hydrogen) atoms. The van der Waals surface area contributed by atoms with Crippen LogP contribution in [0.15, 0.2) is 42.6 Å². The molecule has 5 nitrogen and oxygen atoms in total. The van der Waals surface area contributed by atoms with Crippen LogP contribution in [0.25, 0.3) is 0 Å². The Hall–Kier alpha value is -2.01. The van der Waals surface area contributed by atoms with Gasteiger partial charge in [-0.25, -0.2) is 0 Å². The maximum Gasteiger partial charge on any atom is 0.239 e. The number of rotatable bonds is 11. The summed E-state index contributed by atoms with van der Waals surface area (Å²) < 4.78 is 12.6. The lowest BCUT2D eigenvalue weighted by Gasteiger charge is -2.36. The molecule has 0 saturated heterocycles. The molecule has 0 aliphatic rings. The molecule has 5 heteroatoms. The molecule has 0 bridgehead atoms. The predicted octanol–water partition coefficient (Wildman–Crippen LogP) is 5.10. The van der Waals surface area contributed by atoms with E-state index in [4.69, 9.17) is 9.47 Å². The van der Waals surface area contributed by atoms with Crippen molar-refractivity contribution in [2.45, 2.75) is 71.2 Å². The summed E-state index contributed by atoms with van der Waals surface area (Å²) in [7, 11) is 0. The van der Waals surface area contributed by atoms with E-state index < -0.39 is 6.29 Å². The molecule has 0 fully saturated rings. The molecule has 0 radical (unpaired) electrons. The van der Waals surface area contributed by atoms with Gasteiger partial charge in [-0.1, -0.05) is 75.5 Å². The lowest BCUT2D eigenvalue weighted by molar-refractivity contribution is -0.185. The minimum Gasteiger partial charge on any atom is -0.442 e. The maximum absolute atomic E-state index is 6.56. The normalized spacial score (nSPS) is 12.8. The van der Waals surface area contributed by atoms with Crippen molar-refractivity contribution in [2.24, 2.45) is 0 Å². The lowest BCUT2D eigenvalue weighted by atomic mass is 9.90. The number of aromatic nitrogens is 3. The van der Waals surface area contributed by atoms with E-state index in [-0.39, 0.29) is 5.60 Å². The average Bonchev–Trinajstić information content (AvgIpc) is 2.68. The first-order chi connectivity index (χ1) is 12.2. The summed E-state index contributed by atoms with van der Waals surface area (Å²) in [5.74, 6) is 0.415. The average molecular weight is 343 g/mol. The standard InChI is InChI=1S/C20H29N3O2/c1-4-7-11-15-20(5-2,6-3)25-19(17-12-9-8-10-13-17)24-18-14-16-21-23-22-18/h8-10,12-14,16,19H,4-7,11,15H2,1-3H3. The Morgan fingerprint density at radius 3 is 2.36 bits per heavy atom. The Bertz CT molecular complexity index is 588. The molecule has 1 aromatic carbocycles. The minimum absolute atomic E-state index is 0.198. The van der Waals surface area contributed by atoms with E-state index in [1.807, 2.05) is 30.3 Å². The number of benzene rings is 1. The zero-order valence-electron chi connectivity index (χ0n) is 15.5. The molecule has 2 aromatic rings. The van der Waals surface area contributed by atoms with Gasteiger partial charge in [0.2, 0.25) is 12.2 Å². The highest BCUT2D eigenvalue weighted by atomic mass is 16.7. The van der Waals surface area contributed by atoms with Crippen LogP contribution in [0.3, 0.4) is 0 Å². The molecule has 1 aromatic heterocycles. The summed E-state index contributed by atoms with van der Waals surface area (Å²) >= 11 is 0. The molecule has 0 N–H and O–H groups in total. The van der Waals surface area contributed by atoms with Crippen LogP contribution in [0.5, 0.6) is 5.88 Å². The predicted molar refractivity (Wildman–Crippen MR) is 98.2 cm³/mol. The minimum atomic E-state index is -0.514. The number of hydrogen-bond donors (Lipinski definition) is 0. The summed E-state index contributed by atoms with van der Waals surface area (Å²) in [5, 5.41) is 11.3. The maximum atomic E-state index is 6.56. The van der Waals surface area contributed by atoms with Gasteiger partial charge in [-0.05, 0) is 24.5 Å². The van der Waals surface area contributed by atoms with Gasteiger partial charge in [0.25, 0.3) is 0 Å². The van der Waals surface area contributed by atoms with Gasteiger partial charge < -0.3 is 9.47 Å². The third-order valence-electron chi connectivity index (χ3n) is 4.66. The molecule has 0 amide bonds. The zero-order valence-corrected chi connectivity index (χ0v) is 15.5. The van der Waals surface area contributed by atoms with E-state index in [0.717, 1.165) is 31.2 Å². The molecule has 2 rings (SSSR count). The van der Waals surface area contributed by atoms with Crippen molar-refractivity contribution in [3.8, 4) is 5.88 Å². The lowest BCUT2D eigenvalue weighted by Crippen LogP contribution is -2.34. The Balaban J connectivity index is 2.21. The van der Waals surface area contributed by atoms with Crippen molar-refractivity contribution in [1.82, 2.24) is 15.4 Å². The summed E-state index contributed by atoms with van der Waals surface area (Å²) in [4.78, 5) is 0. The molecular weight excluding hydrogens is 314 g/mol. The SMILES string of the molecule is CCCCCC(CC)(CC)OC(Oc1ccnnn1)c1ccccc1. The monoisotopic (exact) mass is 343 g/mol. The molecule has 1 unspecified atom stereocenters. The van der Waals surface area contributed by atoms with Crippen LogP contribution < -0.4 is 4.74 Å². The fourth-order valence-electron chi connectivity index (χ4n) is 2.93. The summed E-state index contributed by atoms with van der Waals surface area (Å²) in [6.45, 7) is 6.59. The largest absolute Gasteiger partial charge is 0.442 e. The zero-order chi connectivity index (χ0) is 18.0. The van der Waals surface area contributed by atoms with E-state index in [9.17, 15) is 0 Å². The second-order valence-corrected chi connectivity index (χ2v) is 6.28. The van der Waals surface area contributed by atoms with Gasteiger partial charge in [-0.3, -0.25) is 0 Å². The molecule has 1 atom stereocenters. The van der Waals surface area contributed by atoms with Gasteiger partial charge in [-0.2, -0.15) is 0 Å². The van der Waals surface area contributed by atoms with Crippen LogP contribution in [0.2, 0.25) is 0 Å². The summed E-state index contributed by atoms with van der Waals surface area (Å²) in [5.41, 5.74) is 0.777. The van der Waals surface area contributed by atoms with Crippen molar-refractivity contribution in [3.05, 3.63) is 48.2 Å². The second kappa shape index (κ2) is 10.1. The first kappa shape index (κ1) is 19.3. The van der Waals surface area contributed by atoms with E-state index in [1.54, 1.807) is 12.3 Å². The Morgan fingerprint density at radius 1 is 1.00 bits per heavy atom. The highest BCUT2D eigenvalue weighted by Gasteiger charge is 2.32. The number of nitrogens with zero attached hydrogens (tertiary/aromatic N) is 3. The van der Waals surface area contributed by atoms with Crippen LogP contribution >= 0.6 is 0 Å². The highest BCUT2D eigenvalue weighted by Crippen LogP contribution is 2.34. The molecule has 136 valence electrons. The van der Waals surface area contributed by atoms with E-state index in [1.165, 1.54) is 12.8 Å². The molecular formula is C20H29N3O2. The summed E-state index contributed by atoms with van der Waals surface area (Å²) in [6, 6.07) is 11.7. The molecule has 1 heterocycles. The van der Waals surface area contributed by atoms with Crippen molar-refractivity contribution in [2.75, 3.05) is 0 Å². The Kier molecular flexibility index (Phi) is 7.79. The van der Waals surface area contributed by atoms with Crippen LogP contribution in [-0.2, 0) is 4.74 Å². The third kappa shape index (κ3) is 5.78. The van der Waals surface area contributed by atoms with E-state index >= 15 is 0 Å². The van der Waals surface area contributed by atoms with Crippen molar-refractivity contribution in [1.29, 1.82) is 0 Å². The van der Waals surface area contributed by atoms with Crippen molar-refractivity contribution in [3.63, 3.8) is 0 Å². The van der Waals surface area contributed by atoms with Crippen molar-refractivity contribution >= 4 is 0 Å². The van der Waals surface area contributed by atoms with Crippen LogP contribution in [-0.4, -0.2) is 21.0 Å². The first-order valence-electron chi connectivity index (χ1n) is 9.26. The van der Waals surface area contributed by atoms with Crippen LogP contribution in [0, 0.1) is 0 Å². The Labute approximate surface area is 150 Å². The fourth-order valence-corrected chi connectivity index (χ4v) is 2.93. The van der Waals surface area contributed by atoms with Gasteiger partial charge in [0.1, 0.15) is 0 Å². The second-order valence-electron chi connectivity index (χ2n) is 6.28. The molecule has 0 aliphatic carbocycles. The van der Waals surface area contributed by atoms with E-state index in [2.05, 4.69) is 36.2 Å². The third-order valence-corrected chi connectivity index (χ3v) is 4.66. The van der Waals surface area contributed by atoms with Crippen LogP contribution in [0.4, 0.5) is 0 Å². The fraction of sp³-hybridized carbons (Fsp3) is 0.550. The van der Waals surface area contributed by atoms with E-state index in [0.29, 0.717) is 5.88 Å². The molecule has 0 aliphatic heterocycles. The Morgan fingerprint density at radius 2 is 1.76 bits per heavy atom. The molecule has 0 saturated carbocycles. The smallest absolute Gasteiger partial charge is 0.239 e. The van der Waals surface area contributed by atoms with Gasteiger partial charge in [0.05, 0.1) is 11.8 Å². The topological polar surface area (TPSA) is 57.1 Å². The van der Waals surface area contributed by atoms with Gasteiger partial charge >= 0.3 is 0 Å². The van der Waals surface area contributed by atoms with Gasteiger partial charge in [0, 0.05) is 11.6 Å². The van der Waals surface area contributed by atoms with Crippen molar-refractivity contribution < 1.29 is 9.47 Å². The van der Waals surface area contributed by atoms with Crippen LogP contribution in [0.1, 0.15) is 71.1 Å².